The fraction of sp³-hybridized carbons (Fsp3) is 0.381. The van der Waals surface area contributed by atoms with Gasteiger partial charge in [-0.25, -0.2) is 9.97 Å². The zero-order chi connectivity index (χ0) is 21.8. The summed E-state index contributed by atoms with van der Waals surface area (Å²) in [5.41, 5.74) is 1.63. The number of aliphatic hydroxyl groups excluding tert-OH is 2. The second-order valence-electron chi connectivity index (χ2n) is 7.24. The van der Waals surface area contributed by atoms with Crippen LogP contribution < -0.4 is 10.2 Å². The summed E-state index contributed by atoms with van der Waals surface area (Å²) in [5.74, 6) is -0.0806. The maximum absolute atomic E-state index is 14.9. The van der Waals surface area contributed by atoms with Crippen LogP contribution in [-0.2, 0) is 11.3 Å². The Morgan fingerprint density at radius 3 is 2.77 bits per heavy atom. The zero-order valence-corrected chi connectivity index (χ0v) is 17.8. The maximum Gasteiger partial charge on any atom is 0.225 e. The molecule has 0 radical (unpaired) electrons. The van der Waals surface area contributed by atoms with E-state index in [4.69, 9.17) is 4.74 Å². The first kappa shape index (κ1) is 21.6. The van der Waals surface area contributed by atoms with Crippen LogP contribution in [0.3, 0.4) is 0 Å². The van der Waals surface area contributed by atoms with Gasteiger partial charge in [0.15, 0.2) is 6.29 Å². The lowest BCUT2D eigenvalue weighted by Gasteiger charge is -2.30. The minimum atomic E-state index is -1.16. The summed E-state index contributed by atoms with van der Waals surface area (Å²) >= 11 is 1.17. The number of piperidine rings is 1. The molecular formula is C21H24FN5O3S. The van der Waals surface area contributed by atoms with Gasteiger partial charge in [0.05, 0.1) is 34.5 Å². The van der Waals surface area contributed by atoms with Crippen molar-refractivity contribution in [3.63, 3.8) is 0 Å². The molecule has 0 bridgehead atoms. The van der Waals surface area contributed by atoms with Crippen LogP contribution in [0.5, 0.6) is 0 Å². The number of aromatic nitrogens is 3. The second-order valence-corrected chi connectivity index (χ2v) is 8.27. The van der Waals surface area contributed by atoms with Crippen LogP contribution in [-0.4, -0.2) is 51.5 Å². The van der Waals surface area contributed by atoms with E-state index in [1.54, 1.807) is 24.5 Å². The third-order valence-corrected chi connectivity index (χ3v) is 6.31. The number of aliphatic hydroxyl groups is 2. The molecule has 3 aromatic heterocycles. The molecule has 1 atom stereocenters. The summed E-state index contributed by atoms with van der Waals surface area (Å²) in [6.45, 7) is 1.60. The molecule has 164 valence electrons. The maximum atomic E-state index is 14.9. The Bertz CT molecular complexity index is 1010. The SMILES string of the molecule is COC(O)c1sc(-c2ccc(N3CCC(O)CC3)nc2F)nc1CNc1cccnc1. The second kappa shape index (κ2) is 9.65. The van der Waals surface area contributed by atoms with Crippen molar-refractivity contribution in [2.24, 2.45) is 0 Å². The van der Waals surface area contributed by atoms with Crippen molar-refractivity contribution in [2.75, 3.05) is 30.4 Å². The minimum absolute atomic E-state index is 0.267. The average Bonchev–Trinajstić information content (AvgIpc) is 3.22. The van der Waals surface area contributed by atoms with Crippen LogP contribution in [0.2, 0.25) is 0 Å². The summed E-state index contributed by atoms with van der Waals surface area (Å²) in [5, 5.41) is 23.5. The van der Waals surface area contributed by atoms with E-state index in [-0.39, 0.29) is 11.7 Å². The lowest BCUT2D eigenvalue weighted by atomic mass is 10.1. The lowest BCUT2D eigenvalue weighted by Crippen LogP contribution is -2.36. The molecule has 3 aromatic rings. The number of thiazole rings is 1. The zero-order valence-electron chi connectivity index (χ0n) is 17.0. The van der Waals surface area contributed by atoms with Crippen molar-refractivity contribution >= 4 is 22.8 Å². The Hall–Kier alpha value is -2.66. The van der Waals surface area contributed by atoms with Gasteiger partial charge in [0.2, 0.25) is 5.95 Å². The van der Waals surface area contributed by atoms with Gasteiger partial charge in [-0.05, 0) is 37.1 Å². The van der Waals surface area contributed by atoms with Crippen LogP contribution in [0.15, 0.2) is 36.7 Å². The van der Waals surface area contributed by atoms with Gasteiger partial charge < -0.3 is 25.2 Å². The quantitative estimate of drug-likeness (QED) is 0.377. The predicted octanol–water partition coefficient (Wildman–Crippen LogP) is 2.95. The smallest absolute Gasteiger partial charge is 0.225 e. The van der Waals surface area contributed by atoms with E-state index in [2.05, 4.69) is 20.3 Å². The van der Waals surface area contributed by atoms with Gasteiger partial charge in [-0.3, -0.25) is 4.98 Å². The van der Waals surface area contributed by atoms with Crippen LogP contribution in [0.1, 0.15) is 29.7 Å². The summed E-state index contributed by atoms with van der Waals surface area (Å²) in [6.07, 6.45) is 3.18. The van der Waals surface area contributed by atoms with Gasteiger partial charge in [0.25, 0.3) is 0 Å². The number of hydrogen-bond donors (Lipinski definition) is 3. The number of methoxy groups -OCH3 is 1. The normalized spacial score (nSPS) is 15.8. The molecule has 3 N–H and O–H groups in total. The first-order valence-electron chi connectivity index (χ1n) is 9.99. The number of halogens is 1. The van der Waals surface area contributed by atoms with Crippen LogP contribution in [0.4, 0.5) is 15.9 Å². The van der Waals surface area contributed by atoms with Crippen molar-refractivity contribution in [3.8, 4) is 10.6 Å². The van der Waals surface area contributed by atoms with Crippen molar-refractivity contribution in [1.82, 2.24) is 15.0 Å². The molecule has 0 aliphatic carbocycles. The Balaban J connectivity index is 1.57. The highest BCUT2D eigenvalue weighted by Crippen LogP contribution is 2.34. The monoisotopic (exact) mass is 445 g/mol. The molecule has 1 aliphatic heterocycles. The van der Waals surface area contributed by atoms with Crippen molar-refractivity contribution < 1.29 is 19.3 Å². The summed E-state index contributed by atoms with van der Waals surface area (Å²) in [7, 11) is 1.40. The van der Waals surface area contributed by atoms with Crippen molar-refractivity contribution in [2.45, 2.75) is 31.8 Å². The van der Waals surface area contributed by atoms with Gasteiger partial charge in [-0.2, -0.15) is 4.39 Å². The van der Waals surface area contributed by atoms with Gasteiger partial charge >= 0.3 is 0 Å². The van der Waals surface area contributed by atoms with E-state index in [0.29, 0.717) is 53.9 Å². The number of hydrogen-bond acceptors (Lipinski definition) is 9. The van der Waals surface area contributed by atoms with E-state index in [1.165, 1.54) is 18.4 Å². The molecule has 1 unspecified atom stereocenters. The number of ether oxygens (including phenoxy) is 1. The summed E-state index contributed by atoms with van der Waals surface area (Å²) in [4.78, 5) is 15.2. The summed E-state index contributed by atoms with van der Waals surface area (Å²) in [6, 6.07) is 7.10. The predicted molar refractivity (Wildman–Crippen MR) is 116 cm³/mol. The number of nitrogens with one attached hydrogen (secondary N) is 1. The Kier molecular flexibility index (Phi) is 6.71. The molecule has 0 aromatic carbocycles. The fourth-order valence-electron chi connectivity index (χ4n) is 3.41. The Morgan fingerprint density at radius 1 is 1.29 bits per heavy atom. The molecular weight excluding hydrogens is 421 g/mol. The van der Waals surface area contributed by atoms with E-state index in [1.807, 2.05) is 17.0 Å². The first-order valence-corrected chi connectivity index (χ1v) is 10.8. The molecule has 1 fully saturated rings. The highest BCUT2D eigenvalue weighted by atomic mass is 32.1. The first-order chi connectivity index (χ1) is 15.0. The number of pyridine rings is 2. The van der Waals surface area contributed by atoms with Gasteiger partial charge in [0, 0.05) is 32.6 Å². The Morgan fingerprint density at radius 2 is 2.10 bits per heavy atom. The highest BCUT2D eigenvalue weighted by Gasteiger charge is 2.23. The number of nitrogens with zero attached hydrogens (tertiary/aromatic N) is 4. The third kappa shape index (κ3) is 4.99. The van der Waals surface area contributed by atoms with Crippen molar-refractivity contribution in [1.29, 1.82) is 0 Å². The van der Waals surface area contributed by atoms with Gasteiger partial charge in [-0.1, -0.05) is 0 Å². The minimum Gasteiger partial charge on any atom is -0.393 e. The van der Waals surface area contributed by atoms with E-state index in [0.717, 1.165) is 5.69 Å². The third-order valence-electron chi connectivity index (χ3n) is 5.15. The van der Waals surface area contributed by atoms with E-state index in [9.17, 15) is 14.6 Å². The molecule has 4 heterocycles. The molecule has 1 aliphatic rings. The molecule has 8 nitrogen and oxygen atoms in total. The molecule has 0 saturated carbocycles. The molecule has 4 rings (SSSR count). The van der Waals surface area contributed by atoms with Gasteiger partial charge in [-0.15, -0.1) is 11.3 Å². The number of rotatable bonds is 7. The largest absolute Gasteiger partial charge is 0.393 e. The molecule has 1 saturated heterocycles. The average molecular weight is 446 g/mol. The standard InChI is InChI=1S/C21H24FN5O3S/c1-30-21(29)18-16(12-24-13-3-2-8-23-11-13)25-20(31-18)15-4-5-17(26-19(15)22)27-9-6-14(28)7-10-27/h2-5,8,11,14,21,24,28-29H,6-7,9-10,12H2,1H3. The topological polar surface area (TPSA) is 104 Å². The molecule has 31 heavy (non-hydrogen) atoms. The van der Waals surface area contributed by atoms with E-state index >= 15 is 0 Å². The Labute approximate surface area is 183 Å². The number of anilines is 2. The highest BCUT2D eigenvalue weighted by molar-refractivity contribution is 7.15. The van der Waals surface area contributed by atoms with E-state index < -0.39 is 12.2 Å². The molecule has 0 spiro atoms. The molecule has 10 heteroatoms. The lowest BCUT2D eigenvalue weighted by molar-refractivity contribution is -0.0749. The van der Waals surface area contributed by atoms with Crippen LogP contribution >= 0.6 is 11.3 Å². The van der Waals surface area contributed by atoms with Gasteiger partial charge in [0.1, 0.15) is 10.8 Å². The van der Waals surface area contributed by atoms with Crippen LogP contribution in [0, 0.1) is 5.95 Å². The molecule has 0 amide bonds. The fourth-order valence-corrected chi connectivity index (χ4v) is 4.47. The summed E-state index contributed by atoms with van der Waals surface area (Å²) < 4.78 is 20.0. The van der Waals surface area contributed by atoms with Crippen LogP contribution in [0.25, 0.3) is 10.6 Å². The van der Waals surface area contributed by atoms with Crippen molar-refractivity contribution in [3.05, 3.63) is 53.2 Å².